The topological polar surface area (TPSA) is 76.1 Å². The number of benzene rings is 3. The van der Waals surface area contributed by atoms with E-state index in [4.69, 9.17) is 9.47 Å². The Bertz CT molecular complexity index is 1160. The second-order valence-corrected chi connectivity index (χ2v) is 8.09. The maximum absolute atomic E-state index is 13.4. The Morgan fingerprint density at radius 2 is 1.70 bits per heavy atom. The summed E-state index contributed by atoms with van der Waals surface area (Å²) in [6, 6.07) is 22.1. The summed E-state index contributed by atoms with van der Waals surface area (Å²) in [5, 5.41) is 11.5. The molecule has 1 atom stereocenters. The van der Waals surface area contributed by atoms with Gasteiger partial charge >= 0.3 is 0 Å². The van der Waals surface area contributed by atoms with Gasteiger partial charge < -0.3 is 19.5 Å². The molecule has 3 aromatic carbocycles. The Labute approximate surface area is 193 Å². The quantitative estimate of drug-likeness (QED) is 0.501. The Balaban J connectivity index is 1.58. The van der Waals surface area contributed by atoms with Crippen molar-refractivity contribution in [3.05, 3.63) is 89.5 Å². The van der Waals surface area contributed by atoms with E-state index in [1.54, 1.807) is 35.2 Å². The van der Waals surface area contributed by atoms with Crippen LogP contribution in [0.5, 0.6) is 11.5 Å². The molecule has 0 saturated heterocycles. The number of Topliss-reactive ketones (excluding diaryl/α,β-unsaturated/α-hetero) is 1. The second kappa shape index (κ2) is 9.46. The van der Waals surface area contributed by atoms with Gasteiger partial charge in [-0.1, -0.05) is 48.5 Å². The number of para-hydroxylation sites is 1. The molecular formula is C27H27NO5. The molecule has 0 bridgehead atoms. The van der Waals surface area contributed by atoms with Crippen LogP contribution in [0.25, 0.3) is 0 Å². The van der Waals surface area contributed by atoms with Crippen LogP contribution in [-0.4, -0.2) is 37.6 Å². The Morgan fingerprint density at radius 1 is 0.970 bits per heavy atom. The molecule has 4 rings (SSSR count). The fourth-order valence-electron chi connectivity index (χ4n) is 4.34. The number of fused-ring (bicyclic) bond motifs is 1. The number of rotatable bonds is 9. The monoisotopic (exact) mass is 445 g/mol. The zero-order chi connectivity index (χ0) is 23.4. The van der Waals surface area contributed by atoms with Gasteiger partial charge in [0, 0.05) is 12.1 Å². The Kier molecular flexibility index (Phi) is 6.47. The zero-order valence-corrected chi connectivity index (χ0v) is 18.8. The SMILES string of the molecule is COc1ccc(OC)c(C(=O)CC2(O)C(=O)N(CCCc3ccccc3)c3ccccc32)c1. The van der Waals surface area contributed by atoms with Gasteiger partial charge in [-0.2, -0.15) is 0 Å². The number of ketones is 1. The third-order valence-electron chi connectivity index (χ3n) is 6.05. The van der Waals surface area contributed by atoms with Crippen LogP contribution in [0, 0.1) is 0 Å². The number of carbonyl (C=O) groups is 2. The van der Waals surface area contributed by atoms with E-state index in [9.17, 15) is 14.7 Å². The molecule has 6 nitrogen and oxygen atoms in total. The summed E-state index contributed by atoms with van der Waals surface area (Å²) in [5.41, 5.74) is 0.605. The highest BCUT2D eigenvalue weighted by molar-refractivity contribution is 6.11. The van der Waals surface area contributed by atoms with E-state index in [2.05, 4.69) is 12.1 Å². The molecule has 1 aliphatic heterocycles. The fourth-order valence-corrected chi connectivity index (χ4v) is 4.34. The van der Waals surface area contributed by atoms with Crippen LogP contribution in [0.3, 0.4) is 0 Å². The summed E-state index contributed by atoms with van der Waals surface area (Å²) in [5.74, 6) is -0.0239. The minimum Gasteiger partial charge on any atom is -0.497 e. The minimum absolute atomic E-state index is 0.262. The molecule has 1 amide bonds. The van der Waals surface area contributed by atoms with Crippen molar-refractivity contribution < 1.29 is 24.2 Å². The number of aliphatic hydroxyl groups is 1. The highest BCUT2D eigenvalue weighted by atomic mass is 16.5. The van der Waals surface area contributed by atoms with Crippen LogP contribution in [0.2, 0.25) is 0 Å². The van der Waals surface area contributed by atoms with Gasteiger partial charge in [0.1, 0.15) is 11.5 Å². The molecule has 1 N–H and O–H groups in total. The first-order valence-electron chi connectivity index (χ1n) is 10.9. The summed E-state index contributed by atoms with van der Waals surface area (Å²) in [6.45, 7) is 0.448. The van der Waals surface area contributed by atoms with E-state index in [1.807, 2.05) is 30.3 Å². The normalized spacial score (nSPS) is 17.1. The average Bonchev–Trinajstić information content (AvgIpc) is 3.06. The summed E-state index contributed by atoms with van der Waals surface area (Å²) < 4.78 is 10.6. The number of anilines is 1. The number of hydrogen-bond acceptors (Lipinski definition) is 5. The molecule has 0 aliphatic carbocycles. The standard InChI is InChI=1S/C27H27NO5/c1-32-20-14-15-25(33-2)21(17-20)24(29)18-27(31)22-12-6-7-13-23(22)28(26(27)30)16-8-11-19-9-4-3-5-10-19/h3-7,9-10,12-15,17,31H,8,11,16,18H2,1-2H3. The summed E-state index contributed by atoms with van der Waals surface area (Å²) in [6.07, 6.45) is 1.16. The number of ether oxygens (including phenoxy) is 2. The first-order valence-corrected chi connectivity index (χ1v) is 10.9. The van der Waals surface area contributed by atoms with E-state index < -0.39 is 17.3 Å². The average molecular weight is 446 g/mol. The van der Waals surface area contributed by atoms with Crippen LogP contribution in [0.1, 0.15) is 34.3 Å². The van der Waals surface area contributed by atoms with Gasteiger partial charge in [0.2, 0.25) is 0 Å². The smallest absolute Gasteiger partial charge is 0.264 e. The van der Waals surface area contributed by atoms with Crippen molar-refractivity contribution in [2.45, 2.75) is 24.9 Å². The van der Waals surface area contributed by atoms with Gasteiger partial charge in [-0.15, -0.1) is 0 Å². The third-order valence-corrected chi connectivity index (χ3v) is 6.05. The highest BCUT2D eigenvalue weighted by Crippen LogP contribution is 2.43. The van der Waals surface area contributed by atoms with Crippen LogP contribution < -0.4 is 14.4 Å². The van der Waals surface area contributed by atoms with E-state index in [-0.39, 0.29) is 12.0 Å². The molecule has 3 aromatic rings. The van der Waals surface area contributed by atoms with Gasteiger partial charge in [0.15, 0.2) is 11.4 Å². The lowest BCUT2D eigenvalue weighted by molar-refractivity contribution is -0.135. The van der Waals surface area contributed by atoms with Crippen molar-refractivity contribution in [1.82, 2.24) is 0 Å². The Hall–Kier alpha value is -3.64. The third kappa shape index (κ3) is 4.34. The number of amides is 1. The van der Waals surface area contributed by atoms with Gasteiger partial charge in [-0.3, -0.25) is 9.59 Å². The minimum atomic E-state index is -1.94. The van der Waals surface area contributed by atoms with Crippen molar-refractivity contribution in [3.63, 3.8) is 0 Å². The lowest BCUT2D eigenvalue weighted by Crippen LogP contribution is -2.42. The summed E-state index contributed by atoms with van der Waals surface area (Å²) in [4.78, 5) is 28.3. The van der Waals surface area contributed by atoms with Crippen LogP contribution >= 0.6 is 0 Å². The van der Waals surface area contributed by atoms with Crippen molar-refractivity contribution in [2.75, 3.05) is 25.7 Å². The number of aryl methyl sites for hydroxylation is 1. The van der Waals surface area contributed by atoms with Crippen molar-refractivity contribution in [3.8, 4) is 11.5 Å². The van der Waals surface area contributed by atoms with Crippen LogP contribution in [0.15, 0.2) is 72.8 Å². The maximum Gasteiger partial charge on any atom is 0.264 e. The zero-order valence-electron chi connectivity index (χ0n) is 18.8. The Morgan fingerprint density at radius 3 is 2.42 bits per heavy atom. The van der Waals surface area contributed by atoms with E-state index >= 15 is 0 Å². The summed E-state index contributed by atoms with van der Waals surface area (Å²) >= 11 is 0. The largest absolute Gasteiger partial charge is 0.497 e. The predicted octanol–water partition coefficient (Wildman–Crippen LogP) is 4.14. The highest BCUT2D eigenvalue weighted by Gasteiger charge is 2.50. The van der Waals surface area contributed by atoms with Crippen molar-refractivity contribution in [2.24, 2.45) is 0 Å². The van der Waals surface area contributed by atoms with Crippen molar-refractivity contribution >= 4 is 17.4 Å². The van der Waals surface area contributed by atoms with Gasteiger partial charge in [0.05, 0.1) is 31.9 Å². The van der Waals surface area contributed by atoms with E-state index in [0.717, 1.165) is 12.8 Å². The van der Waals surface area contributed by atoms with Crippen LogP contribution in [0.4, 0.5) is 5.69 Å². The van der Waals surface area contributed by atoms with E-state index in [1.165, 1.54) is 19.8 Å². The number of hydrogen-bond donors (Lipinski definition) is 1. The fraction of sp³-hybridized carbons (Fsp3) is 0.259. The lowest BCUT2D eigenvalue weighted by atomic mass is 9.88. The first-order chi connectivity index (χ1) is 16.0. The molecule has 0 fully saturated rings. The number of nitrogens with zero attached hydrogens (tertiary/aromatic N) is 1. The molecule has 0 aromatic heterocycles. The molecule has 1 aliphatic rings. The molecule has 1 unspecified atom stereocenters. The number of methoxy groups -OCH3 is 2. The van der Waals surface area contributed by atoms with Gasteiger partial charge in [0.25, 0.3) is 5.91 Å². The van der Waals surface area contributed by atoms with Crippen LogP contribution in [-0.2, 0) is 16.8 Å². The second-order valence-electron chi connectivity index (χ2n) is 8.09. The molecule has 0 spiro atoms. The number of carbonyl (C=O) groups excluding carboxylic acids is 2. The molecule has 0 saturated carbocycles. The van der Waals surface area contributed by atoms with Gasteiger partial charge in [-0.25, -0.2) is 0 Å². The molecule has 170 valence electrons. The molecule has 33 heavy (non-hydrogen) atoms. The first kappa shape index (κ1) is 22.6. The van der Waals surface area contributed by atoms with E-state index in [0.29, 0.717) is 29.3 Å². The lowest BCUT2D eigenvalue weighted by Gasteiger charge is -2.23. The molecule has 0 radical (unpaired) electrons. The molecule has 6 heteroatoms. The predicted molar refractivity (Wildman–Crippen MR) is 126 cm³/mol. The van der Waals surface area contributed by atoms with Crippen molar-refractivity contribution in [1.29, 1.82) is 0 Å². The summed E-state index contributed by atoms with van der Waals surface area (Å²) in [7, 11) is 2.98. The maximum atomic E-state index is 13.4. The molecular weight excluding hydrogens is 418 g/mol. The molecule has 1 heterocycles. The van der Waals surface area contributed by atoms with Gasteiger partial charge in [-0.05, 0) is 42.7 Å².